The van der Waals surface area contributed by atoms with E-state index in [2.05, 4.69) is 13.2 Å². The minimum absolute atomic E-state index is 0.0766. The zero-order chi connectivity index (χ0) is 20.1. The molecule has 0 atom stereocenters. The molecule has 0 aliphatic heterocycles. The first-order valence-corrected chi connectivity index (χ1v) is 9.14. The van der Waals surface area contributed by atoms with Crippen LogP contribution in [-0.2, 0) is 31.0 Å². The molecule has 2 heterocycles. The molecule has 0 saturated carbocycles. The molecule has 10 heteroatoms. The van der Waals surface area contributed by atoms with Gasteiger partial charge in [0.15, 0.2) is 0 Å². The molecule has 2 aromatic rings. The summed E-state index contributed by atoms with van der Waals surface area (Å²) in [5.41, 5.74) is -2.48. The second-order valence-electron chi connectivity index (χ2n) is 5.69. The van der Waals surface area contributed by atoms with Crippen molar-refractivity contribution in [3.63, 3.8) is 0 Å². The van der Waals surface area contributed by atoms with Gasteiger partial charge in [-0.15, -0.1) is 24.5 Å². The van der Waals surface area contributed by atoms with Crippen molar-refractivity contribution in [2.24, 2.45) is 0 Å². The van der Waals surface area contributed by atoms with E-state index in [1.807, 2.05) is 0 Å². The molecule has 2 aromatic heterocycles. The number of allylic oxidation sites excluding steroid dienone is 2. The summed E-state index contributed by atoms with van der Waals surface area (Å²) >= 11 is 7.22. The second kappa shape index (κ2) is 8.83. The van der Waals surface area contributed by atoms with E-state index in [0.29, 0.717) is 4.34 Å². The van der Waals surface area contributed by atoms with Crippen LogP contribution in [0.5, 0.6) is 0 Å². The molecule has 0 fully saturated rings. The van der Waals surface area contributed by atoms with E-state index >= 15 is 0 Å². The van der Waals surface area contributed by atoms with Gasteiger partial charge in [-0.25, -0.2) is 28.1 Å². The zero-order valence-corrected chi connectivity index (χ0v) is 16.3. The van der Waals surface area contributed by atoms with Crippen molar-refractivity contribution < 1.29 is 4.79 Å². The summed E-state index contributed by atoms with van der Waals surface area (Å²) in [7, 11) is 1.56. The van der Waals surface area contributed by atoms with Gasteiger partial charge in [0, 0.05) is 11.9 Å². The van der Waals surface area contributed by atoms with Gasteiger partial charge in [-0.2, -0.15) is 0 Å². The molecule has 0 bridgehead atoms. The molecule has 8 nitrogen and oxygen atoms in total. The van der Waals surface area contributed by atoms with Crippen molar-refractivity contribution >= 4 is 28.8 Å². The maximum atomic E-state index is 12.5. The zero-order valence-electron chi connectivity index (χ0n) is 14.8. The fraction of sp³-hybridized carbons (Fsp3) is 0.294. The van der Waals surface area contributed by atoms with E-state index in [-0.39, 0.29) is 19.6 Å². The molecule has 0 aliphatic rings. The highest BCUT2D eigenvalue weighted by molar-refractivity contribution is 7.16. The lowest BCUT2D eigenvalue weighted by atomic mass is 10.4. The van der Waals surface area contributed by atoms with Gasteiger partial charge in [0.25, 0.3) is 0 Å². The first kappa shape index (κ1) is 20.7. The number of rotatable bonds is 8. The minimum Gasteiger partial charge on any atom is -0.339 e. The topological polar surface area (TPSA) is 86.3 Å². The van der Waals surface area contributed by atoms with Crippen LogP contribution >= 0.6 is 22.9 Å². The second-order valence-corrected chi connectivity index (χ2v) is 7.49. The van der Waals surface area contributed by atoms with Gasteiger partial charge in [-0.05, 0) is 12.1 Å². The van der Waals surface area contributed by atoms with E-state index in [1.54, 1.807) is 19.2 Å². The number of nitrogens with zero attached hydrogens (tertiary/aromatic N) is 4. The van der Waals surface area contributed by atoms with Crippen LogP contribution in [0.4, 0.5) is 0 Å². The van der Waals surface area contributed by atoms with Crippen molar-refractivity contribution in [1.82, 2.24) is 18.6 Å². The molecular weight excluding hydrogens is 392 g/mol. The van der Waals surface area contributed by atoms with Crippen molar-refractivity contribution in [3.8, 4) is 0 Å². The van der Waals surface area contributed by atoms with E-state index in [1.165, 1.54) is 28.4 Å². The number of amides is 1. The predicted molar refractivity (Wildman–Crippen MR) is 105 cm³/mol. The molecule has 2 rings (SSSR count). The standard InChI is InChI=1S/C17H19ClN4O4S/c1-4-8-20-15(24)21(9-5-2)17(26)22(16(20)25)11-14(23)19(3)10-12-6-7-13(18)27-12/h4-7H,1-2,8-11H2,3H3. The summed E-state index contributed by atoms with van der Waals surface area (Å²) in [5, 5.41) is 0. The predicted octanol–water partition coefficient (Wildman–Crippen LogP) is 0.917. The SMILES string of the molecule is C=CCn1c(=O)n(CC=C)c(=O)n(CC(=O)N(C)Cc2ccc(Cl)s2)c1=O. The lowest BCUT2D eigenvalue weighted by Gasteiger charge is -2.18. The molecule has 27 heavy (non-hydrogen) atoms. The number of carbonyl (C=O) groups excluding carboxylic acids is 1. The van der Waals surface area contributed by atoms with Gasteiger partial charge in [-0.3, -0.25) is 4.79 Å². The van der Waals surface area contributed by atoms with E-state index in [0.717, 1.165) is 18.6 Å². The summed E-state index contributed by atoms with van der Waals surface area (Å²) in [6.45, 7) is 6.66. The van der Waals surface area contributed by atoms with E-state index < -0.39 is 29.5 Å². The highest BCUT2D eigenvalue weighted by Gasteiger charge is 2.18. The lowest BCUT2D eigenvalue weighted by Crippen LogP contribution is -2.55. The molecule has 0 N–H and O–H groups in total. The minimum atomic E-state index is -0.855. The summed E-state index contributed by atoms with van der Waals surface area (Å²) in [5.74, 6) is -0.451. The Morgan fingerprint density at radius 1 is 1.07 bits per heavy atom. The van der Waals surface area contributed by atoms with Crippen molar-refractivity contribution in [2.75, 3.05) is 7.05 Å². The van der Waals surface area contributed by atoms with E-state index in [9.17, 15) is 19.2 Å². The van der Waals surface area contributed by atoms with Crippen LogP contribution in [0.3, 0.4) is 0 Å². The molecule has 0 aliphatic carbocycles. The van der Waals surface area contributed by atoms with Gasteiger partial charge >= 0.3 is 17.1 Å². The number of carbonyl (C=O) groups is 1. The Kier molecular flexibility index (Phi) is 6.75. The van der Waals surface area contributed by atoms with Crippen LogP contribution in [0, 0.1) is 0 Å². The Labute approximate surface area is 163 Å². The highest BCUT2D eigenvalue weighted by Crippen LogP contribution is 2.22. The summed E-state index contributed by atoms with van der Waals surface area (Å²) in [6.07, 6.45) is 2.73. The normalized spacial score (nSPS) is 10.6. The average molecular weight is 411 g/mol. The fourth-order valence-electron chi connectivity index (χ4n) is 2.40. The van der Waals surface area contributed by atoms with Crippen LogP contribution in [-0.4, -0.2) is 31.6 Å². The fourth-order valence-corrected chi connectivity index (χ4v) is 3.54. The Morgan fingerprint density at radius 3 is 2.04 bits per heavy atom. The summed E-state index contributed by atoms with van der Waals surface area (Å²) < 4.78 is 3.05. The summed E-state index contributed by atoms with van der Waals surface area (Å²) in [6, 6.07) is 3.52. The van der Waals surface area contributed by atoms with Crippen molar-refractivity contribution in [1.29, 1.82) is 0 Å². The van der Waals surface area contributed by atoms with Crippen LogP contribution < -0.4 is 17.1 Å². The molecule has 0 unspecified atom stereocenters. The summed E-state index contributed by atoms with van der Waals surface area (Å²) in [4.78, 5) is 52.1. The maximum Gasteiger partial charge on any atom is 0.337 e. The maximum absolute atomic E-state index is 12.5. The van der Waals surface area contributed by atoms with Crippen LogP contribution in [0.25, 0.3) is 0 Å². The number of aromatic nitrogens is 3. The Balaban J connectivity index is 2.39. The molecule has 144 valence electrons. The largest absolute Gasteiger partial charge is 0.339 e. The highest BCUT2D eigenvalue weighted by atomic mass is 35.5. The number of hydrogen-bond acceptors (Lipinski definition) is 5. The third-order valence-corrected chi connectivity index (χ3v) is 4.97. The number of likely N-dealkylation sites (N-methyl/N-ethyl adjacent to an activating group) is 1. The Morgan fingerprint density at radius 2 is 1.59 bits per heavy atom. The number of thiophene rings is 1. The first-order valence-electron chi connectivity index (χ1n) is 7.94. The molecule has 1 amide bonds. The van der Waals surface area contributed by atoms with Crippen molar-refractivity contribution in [3.05, 3.63) is 78.1 Å². The van der Waals surface area contributed by atoms with Gasteiger partial charge in [-0.1, -0.05) is 23.8 Å². The Bertz CT molecular complexity index is 998. The average Bonchev–Trinajstić information content (AvgIpc) is 3.03. The molecule has 0 aromatic carbocycles. The quantitative estimate of drug-likeness (QED) is 0.605. The van der Waals surface area contributed by atoms with Crippen LogP contribution in [0.1, 0.15) is 4.88 Å². The van der Waals surface area contributed by atoms with Gasteiger partial charge in [0.1, 0.15) is 6.54 Å². The third-order valence-electron chi connectivity index (χ3n) is 3.75. The van der Waals surface area contributed by atoms with Crippen LogP contribution in [0.2, 0.25) is 4.34 Å². The third kappa shape index (κ3) is 4.55. The molecular formula is C17H19ClN4O4S. The smallest absolute Gasteiger partial charge is 0.337 e. The van der Waals surface area contributed by atoms with Gasteiger partial charge in [0.2, 0.25) is 5.91 Å². The van der Waals surface area contributed by atoms with E-state index in [4.69, 9.17) is 11.6 Å². The van der Waals surface area contributed by atoms with Gasteiger partial charge in [0.05, 0.1) is 24.0 Å². The van der Waals surface area contributed by atoms with Crippen LogP contribution in [0.15, 0.2) is 51.8 Å². The molecule has 0 saturated heterocycles. The van der Waals surface area contributed by atoms with Gasteiger partial charge < -0.3 is 4.90 Å². The van der Waals surface area contributed by atoms with Crippen molar-refractivity contribution in [2.45, 2.75) is 26.2 Å². The lowest BCUT2D eigenvalue weighted by molar-refractivity contribution is -0.131. The molecule has 0 radical (unpaired) electrons. The monoisotopic (exact) mass is 410 g/mol. The number of halogens is 1. The molecule has 0 spiro atoms. The first-order chi connectivity index (χ1) is 12.8. The number of hydrogen-bond donors (Lipinski definition) is 0. The Hall–Kier alpha value is -2.65.